The third-order valence-corrected chi connectivity index (χ3v) is 5.87. The maximum Gasteiger partial charge on any atom is 0.264 e. The lowest BCUT2D eigenvalue weighted by molar-refractivity contribution is -0.126. The van der Waals surface area contributed by atoms with E-state index in [0.717, 1.165) is 24.1 Å². The normalized spacial score (nSPS) is 16.5. The summed E-state index contributed by atoms with van der Waals surface area (Å²) in [5.74, 6) is -0.292. The van der Waals surface area contributed by atoms with Crippen molar-refractivity contribution in [3.63, 3.8) is 0 Å². The third-order valence-electron chi connectivity index (χ3n) is 5.01. The predicted octanol–water partition coefficient (Wildman–Crippen LogP) is 3.65. The zero-order chi connectivity index (χ0) is 20.8. The fourth-order valence-corrected chi connectivity index (χ4v) is 3.97. The van der Waals surface area contributed by atoms with E-state index < -0.39 is 6.04 Å². The van der Waals surface area contributed by atoms with Crippen molar-refractivity contribution >= 4 is 34.7 Å². The van der Waals surface area contributed by atoms with Crippen LogP contribution in [0.25, 0.3) is 0 Å². The molecule has 1 aliphatic heterocycles. The Balaban J connectivity index is 1.57. The van der Waals surface area contributed by atoms with E-state index in [2.05, 4.69) is 10.6 Å². The zero-order valence-electron chi connectivity index (χ0n) is 16.8. The number of piperidine rings is 1. The van der Waals surface area contributed by atoms with Crippen molar-refractivity contribution in [2.75, 3.05) is 11.9 Å². The zero-order valence-corrected chi connectivity index (χ0v) is 17.6. The lowest BCUT2D eigenvalue weighted by Crippen LogP contribution is -2.51. The van der Waals surface area contributed by atoms with E-state index in [1.54, 1.807) is 11.0 Å². The second kappa shape index (κ2) is 9.69. The first kappa shape index (κ1) is 21.0. The van der Waals surface area contributed by atoms with Gasteiger partial charge >= 0.3 is 0 Å². The summed E-state index contributed by atoms with van der Waals surface area (Å²) >= 11 is 1.40. The van der Waals surface area contributed by atoms with Crippen molar-refractivity contribution in [1.82, 2.24) is 10.2 Å². The summed E-state index contributed by atoms with van der Waals surface area (Å²) in [5.41, 5.74) is 1.67. The summed E-state index contributed by atoms with van der Waals surface area (Å²) in [6.45, 7) is 4.68. The van der Waals surface area contributed by atoms with E-state index in [4.69, 9.17) is 0 Å². The Bertz CT molecular complexity index is 847. The monoisotopic (exact) mass is 413 g/mol. The number of carbonyl (C=O) groups is 3. The average molecular weight is 414 g/mol. The molecule has 6 nitrogen and oxygen atoms in total. The number of nitrogens with zero attached hydrogens (tertiary/aromatic N) is 1. The SMILES string of the molecule is CC(C)C(=O)Nc1ccc(CNC(=O)C2CCCCN2C(=O)c2cccs2)cc1. The fourth-order valence-electron chi connectivity index (χ4n) is 3.29. The van der Waals surface area contributed by atoms with Crippen LogP contribution in [-0.2, 0) is 16.1 Å². The molecule has 1 unspecified atom stereocenters. The highest BCUT2D eigenvalue weighted by molar-refractivity contribution is 7.12. The number of nitrogens with one attached hydrogen (secondary N) is 2. The van der Waals surface area contributed by atoms with Crippen molar-refractivity contribution in [3.8, 4) is 0 Å². The first-order valence-electron chi connectivity index (χ1n) is 9.97. The van der Waals surface area contributed by atoms with E-state index in [1.165, 1.54) is 11.3 Å². The number of thiophene rings is 1. The fraction of sp³-hybridized carbons (Fsp3) is 0.409. The van der Waals surface area contributed by atoms with Gasteiger partial charge in [-0.15, -0.1) is 11.3 Å². The first-order valence-corrected chi connectivity index (χ1v) is 10.9. The molecule has 0 aliphatic carbocycles. The highest BCUT2D eigenvalue weighted by Crippen LogP contribution is 2.22. The number of carbonyl (C=O) groups excluding carboxylic acids is 3. The number of amides is 3. The van der Waals surface area contributed by atoms with Gasteiger partial charge in [0.25, 0.3) is 5.91 Å². The molecule has 1 aliphatic rings. The Hall–Kier alpha value is -2.67. The Labute approximate surface area is 175 Å². The van der Waals surface area contributed by atoms with Gasteiger partial charge in [-0.2, -0.15) is 0 Å². The number of hydrogen-bond donors (Lipinski definition) is 2. The van der Waals surface area contributed by atoms with E-state index in [1.807, 2.05) is 49.6 Å². The van der Waals surface area contributed by atoms with Crippen molar-refractivity contribution < 1.29 is 14.4 Å². The largest absolute Gasteiger partial charge is 0.350 e. The molecule has 0 saturated carbocycles. The molecule has 0 radical (unpaired) electrons. The molecule has 1 aromatic heterocycles. The second-order valence-electron chi connectivity index (χ2n) is 7.55. The maximum atomic E-state index is 12.8. The Morgan fingerprint density at radius 2 is 1.90 bits per heavy atom. The van der Waals surface area contributed by atoms with E-state index in [9.17, 15) is 14.4 Å². The summed E-state index contributed by atoms with van der Waals surface area (Å²) < 4.78 is 0. The van der Waals surface area contributed by atoms with Crippen LogP contribution in [-0.4, -0.2) is 35.2 Å². The molecule has 1 atom stereocenters. The first-order chi connectivity index (χ1) is 14.0. The van der Waals surface area contributed by atoms with E-state index in [0.29, 0.717) is 24.4 Å². The minimum Gasteiger partial charge on any atom is -0.350 e. The standard InChI is InChI=1S/C22H27N3O3S/c1-15(2)20(26)24-17-10-8-16(9-11-17)14-23-21(27)18-6-3-4-12-25(18)22(28)19-7-5-13-29-19/h5,7-11,13,15,18H,3-4,6,12,14H2,1-2H3,(H,23,27)(H,24,26). The van der Waals surface area contributed by atoms with Crippen molar-refractivity contribution in [2.45, 2.75) is 45.7 Å². The van der Waals surface area contributed by atoms with Crippen molar-refractivity contribution in [1.29, 1.82) is 0 Å². The number of hydrogen-bond acceptors (Lipinski definition) is 4. The second-order valence-corrected chi connectivity index (χ2v) is 8.49. The van der Waals surface area contributed by atoms with Crippen LogP contribution in [0.2, 0.25) is 0 Å². The number of likely N-dealkylation sites (tertiary alicyclic amines) is 1. The molecular weight excluding hydrogens is 386 g/mol. The topological polar surface area (TPSA) is 78.5 Å². The van der Waals surface area contributed by atoms with Gasteiger partial charge in [0, 0.05) is 24.7 Å². The van der Waals surface area contributed by atoms with Crippen LogP contribution < -0.4 is 10.6 Å². The van der Waals surface area contributed by atoms with Crippen LogP contribution in [0.1, 0.15) is 48.3 Å². The minimum absolute atomic E-state index is 0.0288. The lowest BCUT2D eigenvalue weighted by Gasteiger charge is -2.34. The molecule has 2 N–H and O–H groups in total. The number of rotatable bonds is 6. The molecular formula is C22H27N3O3S. The molecule has 29 heavy (non-hydrogen) atoms. The summed E-state index contributed by atoms with van der Waals surface area (Å²) in [5, 5.41) is 7.68. The highest BCUT2D eigenvalue weighted by Gasteiger charge is 2.32. The molecule has 2 heterocycles. The molecule has 1 saturated heterocycles. The molecule has 2 aromatic rings. The van der Waals surface area contributed by atoms with E-state index in [-0.39, 0.29) is 23.6 Å². The Kier molecular flexibility index (Phi) is 7.04. The molecule has 0 spiro atoms. The van der Waals surface area contributed by atoms with Gasteiger partial charge in [-0.05, 0) is 48.4 Å². The van der Waals surface area contributed by atoms with Gasteiger partial charge in [0.2, 0.25) is 11.8 Å². The Morgan fingerprint density at radius 1 is 1.14 bits per heavy atom. The molecule has 1 fully saturated rings. The Morgan fingerprint density at radius 3 is 2.55 bits per heavy atom. The molecule has 7 heteroatoms. The lowest BCUT2D eigenvalue weighted by atomic mass is 10.0. The maximum absolute atomic E-state index is 12.8. The minimum atomic E-state index is -0.428. The van der Waals surface area contributed by atoms with Gasteiger partial charge in [-0.1, -0.05) is 32.0 Å². The van der Waals surface area contributed by atoms with Gasteiger partial charge in [0.05, 0.1) is 4.88 Å². The van der Waals surface area contributed by atoms with Gasteiger partial charge < -0.3 is 15.5 Å². The molecule has 3 amide bonds. The quantitative estimate of drug-likeness (QED) is 0.759. The number of benzene rings is 1. The highest BCUT2D eigenvalue weighted by atomic mass is 32.1. The van der Waals surface area contributed by atoms with Gasteiger partial charge in [-0.3, -0.25) is 14.4 Å². The van der Waals surface area contributed by atoms with Crippen LogP contribution in [0.3, 0.4) is 0 Å². The van der Waals surface area contributed by atoms with Crippen LogP contribution in [0, 0.1) is 5.92 Å². The molecule has 1 aromatic carbocycles. The van der Waals surface area contributed by atoms with Crippen molar-refractivity contribution in [2.24, 2.45) is 5.92 Å². The molecule has 154 valence electrons. The predicted molar refractivity (Wildman–Crippen MR) is 115 cm³/mol. The summed E-state index contributed by atoms with van der Waals surface area (Å²) in [6.07, 6.45) is 2.55. The van der Waals surface area contributed by atoms with Crippen LogP contribution in [0.4, 0.5) is 5.69 Å². The summed E-state index contributed by atoms with van der Waals surface area (Å²) in [4.78, 5) is 39.7. The smallest absolute Gasteiger partial charge is 0.264 e. The van der Waals surface area contributed by atoms with Gasteiger partial charge in [0.1, 0.15) is 6.04 Å². The average Bonchev–Trinajstić information content (AvgIpc) is 3.27. The van der Waals surface area contributed by atoms with Gasteiger partial charge in [0.15, 0.2) is 0 Å². The number of anilines is 1. The molecule has 3 rings (SSSR count). The van der Waals surface area contributed by atoms with Gasteiger partial charge in [-0.25, -0.2) is 0 Å². The van der Waals surface area contributed by atoms with Crippen LogP contribution in [0.15, 0.2) is 41.8 Å². The third kappa shape index (κ3) is 5.44. The summed E-state index contributed by atoms with van der Waals surface area (Å²) in [6, 6.07) is 10.6. The summed E-state index contributed by atoms with van der Waals surface area (Å²) in [7, 11) is 0. The van der Waals surface area contributed by atoms with E-state index >= 15 is 0 Å². The molecule has 0 bridgehead atoms. The van der Waals surface area contributed by atoms with Crippen LogP contribution in [0.5, 0.6) is 0 Å². The van der Waals surface area contributed by atoms with Crippen LogP contribution >= 0.6 is 11.3 Å². The van der Waals surface area contributed by atoms with Crippen molar-refractivity contribution in [3.05, 3.63) is 52.2 Å².